The molecule has 1 aliphatic carbocycles. The molecule has 1 fully saturated rings. The molecule has 3 N–H and O–H groups in total. The Morgan fingerprint density at radius 2 is 2.42 bits per heavy atom. The first-order chi connectivity index (χ1) is 9.24. The average molecular weight is 278 g/mol. The summed E-state index contributed by atoms with van der Waals surface area (Å²) in [6.45, 7) is 0. The smallest absolute Gasteiger partial charge is 0.273 e. The van der Waals surface area contributed by atoms with Gasteiger partial charge in [0.25, 0.3) is 5.91 Å². The molecule has 7 heteroatoms. The van der Waals surface area contributed by atoms with Crippen LogP contribution in [0.3, 0.4) is 0 Å². The first-order valence-electron chi connectivity index (χ1n) is 6.12. The van der Waals surface area contributed by atoms with E-state index in [2.05, 4.69) is 20.7 Å². The molecule has 0 saturated heterocycles. The third-order valence-electron chi connectivity index (χ3n) is 3.41. The van der Waals surface area contributed by atoms with E-state index < -0.39 is 0 Å². The van der Waals surface area contributed by atoms with E-state index in [0.717, 1.165) is 17.7 Å². The topological polar surface area (TPSA) is 90.9 Å². The summed E-state index contributed by atoms with van der Waals surface area (Å²) < 4.78 is 0. The lowest BCUT2D eigenvalue weighted by atomic mass is 9.76. The van der Waals surface area contributed by atoms with Crippen molar-refractivity contribution in [2.45, 2.75) is 25.0 Å². The van der Waals surface area contributed by atoms with Crippen molar-refractivity contribution >= 4 is 17.2 Å². The Balaban J connectivity index is 1.74. The minimum Gasteiger partial charge on any atom is -0.393 e. The highest BCUT2D eigenvalue weighted by Crippen LogP contribution is 2.39. The van der Waals surface area contributed by atoms with Gasteiger partial charge in [0, 0.05) is 4.88 Å². The molecule has 1 saturated carbocycles. The normalized spacial score (nSPS) is 23.6. The Bertz CT molecular complexity index is 534. The number of aromatic nitrogens is 3. The van der Waals surface area contributed by atoms with E-state index in [-0.39, 0.29) is 29.7 Å². The summed E-state index contributed by atoms with van der Waals surface area (Å²) in [7, 11) is 0. The van der Waals surface area contributed by atoms with Gasteiger partial charge in [0.2, 0.25) is 0 Å². The molecule has 0 aromatic carbocycles. The molecule has 100 valence electrons. The summed E-state index contributed by atoms with van der Waals surface area (Å²) in [6.07, 6.45) is 2.61. The molecule has 1 aliphatic rings. The summed E-state index contributed by atoms with van der Waals surface area (Å²) in [4.78, 5) is 13.2. The lowest BCUT2D eigenvalue weighted by Crippen LogP contribution is -2.41. The van der Waals surface area contributed by atoms with E-state index in [1.54, 1.807) is 11.3 Å². The van der Waals surface area contributed by atoms with E-state index in [9.17, 15) is 9.90 Å². The number of carbonyl (C=O) groups is 1. The Morgan fingerprint density at radius 3 is 3.00 bits per heavy atom. The molecule has 0 bridgehead atoms. The first-order valence-corrected chi connectivity index (χ1v) is 7.00. The van der Waals surface area contributed by atoms with Crippen molar-refractivity contribution in [2.24, 2.45) is 5.92 Å². The molecular formula is C12H14N4O2S. The number of nitrogens with one attached hydrogen (secondary N) is 2. The minimum absolute atomic E-state index is 0.0624. The van der Waals surface area contributed by atoms with Crippen molar-refractivity contribution in [3.8, 4) is 0 Å². The molecule has 1 atom stereocenters. The molecular weight excluding hydrogens is 264 g/mol. The third-order valence-corrected chi connectivity index (χ3v) is 4.36. The number of hydrogen-bond donors (Lipinski definition) is 3. The predicted octanol–water partition coefficient (Wildman–Crippen LogP) is 1.11. The van der Waals surface area contributed by atoms with E-state index in [1.165, 1.54) is 6.20 Å². The highest BCUT2D eigenvalue weighted by molar-refractivity contribution is 7.10. The van der Waals surface area contributed by atoms with Gasteiger partial charge in [-0.2, -0.15) is 15.4 Å². The van der Waals surface area contributed by atoms with Gasteiger partial charge in [-0.25, -0.2) is 0 Å². The zero-order chi connectivity index (χ0) is 13.2. The van der Waals surface area contributed by atoms with E-state index in [1.807, 2.05) is 17.5 Å². The van der Waals surface area contributed by atoms with Gasteiger partial charge in [-0.1, -0.05) is 6.07 Å². The molecule has 2 heterocycles. The largest absolute Gasteiger partial charge is 0.393 e. The molecule has 19 heavy (non-hydrogen) atoms. The van der Waals surface area contributed by atoms with Gasteiger partial charge in [-0.3, -0.25) is 4.79 Å². The Labute approximate surface area is 113 Å². The molecule has 0 radical (unpaired) electrons. The summed E-state index contributed by atoms with van der Waals surface area (Å²) in [5, 5.41) is 24.2. The number of hydrogen-bond acceptors (Lipinski definition) is 5. The molecule has 1 unspecified atom stereocenters. The van der Waals surface area contributed by atoms with Crippen LogP contribution in [0.15, 0.2) is 23.7 Å². The molecule has 0 aliphatic heterocycles. The van der Waals surface area contributed by atoms with Crippen LogP contribution in [0.25, 0.3) is 0 Å². The maximum atomic E-state index is 12.0. The number of carbonyl (C=O) groups excluding carboxylic acids is 1. The molecule has 2 aromatic heterocycles. The van der Waals surface area contributed by atoms with Crippen molar-refractivity contribution in [1.82, 2.24) is 20.7 Å². The van der Waals surface area contributed by atoms with Crippen molar-refractivity contribution < 1.29 is 9.90 Å². The van der Waals surface area contributed by atoms with Gasteiger partial charge in [0.05, 0.1) is 18.3 Å². The Hall–Kier alpha value is -1.73. The van der Waals surface area contributed by atoms with Crippen molar-refractivity contribution in [2.75, 3.05) is 0 Å². The Kier molecular flexibility index (Phi) is 3.31. The number of aliphatic hydroxyl groups is 1. The van der Waals surface area contributed by atoms with Crippen LogP contribution in [0.4, 0.5) is 0 Å². The number of amides is 1. The first kappa shape index (κ1) is 12.3. The molecule has 3 rings (SSSR count). The second-order valence-corrected chi connectivity index (χ2v) is 5.69. The van der Waals surface area contributed by atoms with E-state index in [0.29, 0.717) is 0 Å². The standard InChI is InChI=1S/C12H14N4O2S/c17-8-4-7(5-8)11(10-2-1-3-19-10)14-12(18)9-6-13-16-15-9/h1-3,6-8,11,17H,4-5H2,(H,14,18)(H,13,15,16). The van der Waals surface area contributed by atoms with Crippen LogP contribution in [0, 0.1) is 5.92 Å². The fourth-order valence-electron chi connectivity index (χ4n) is 2.32. The van der Waals surface area contributed by atoms with Crippen LogP contribution in [0.1, 0.15) is 34.2 Å². The quantitative estimate of drug-likeness (QED) is 0.781. The van der Waals surface area contributed by atoms with Crippen LogP contribution >= 0.6 is 11.3 Å². The van der Waals surface area contributed by atoms with Crippen LogP contribution in [-0.2, 0) is 0 Å². The van der Waals surface area contributed by atoms with Gasteiger partial charge in [-0.05, 0) is 30.2 Å². The second-order valence-electron chi connectivity index (χ2n) is 4.71. The van der Waals surface area contributed by atoms with Crippen LogP contribution in [0.5, 0.6) is 0 Å². The lowest BCUT2D eigenvalue weighted by Gasteiger charge is -2.37. The minimum atomic E-state index is -0.242. The summed E-state index contributed by atoms with van der Waals surface area (Å²) >= 11 is 1.61. The van der Waals surface area contributed by atoms with Gasteiger partial charge >= 0.3 is 0 Å². The van der Waals surface area contributed by atoms with Crippen molar-refractivity contribution in [1.29, 1.82) is 0 Å². The van der Waals surface area contributed by atoms with Gasteiger partial charge in [0.1, 0.15) is 0 Å². The van der Waals surface area contributed by atoms with Gasteiger partial charge in [-0.15, -0.1) is 11.3 Å². The monoisotopic (exact) mass is 278 g/mol. The predicted molar refractivity (Wildman–Crippen MR) is 69.6 cm³/mol. The van der Waals surface area contributed by atoms with Crippen LogP contribution in [0.2, 0.25) is 0 Å². The second kappa shape index (κ2) is 5.10. The number of aromatic amines is 1. The summed E-state index contributed by atoms with van der Waals surface area (Å²) in [6, 6.07) is 3.90. The number of rotatable bonds is 4. The molecule has 1 amide bonds. The van der Waals surface area contributed by atoms with Gasteiger partial charge in [0.15, 0.2) is 5.69 Å². The zero-order valence-electron chi connectivity index (χ0n) is 10.1. The number of aliphatic hydroxyl groups excluding tert-OH is 1. The van der Waals surface area contributed by atoms with Gasteiger partial charge < -0.3 is 10.4 Å². The molecule has 2 aromatic rings. The number of thiophene rings is 1. The maximum absolute atomic E-state index is 12.0. The third kappa shape index (κ3) is 2.52. The maximum Gasteiger partial charge on any atom is 0.273 e. The SMILES string of the molecule is O=C(NC(c1cccs1)C1CC(O)C1)c1cn[nH]n1. The van der Waals surface area contributed by atoms with Crippen molar-refractivity contribution in [3.05, 3.63) is 34.3 Å². The van der Waals surface area contributed by atoms with E-state index in [4.69, 9.17) is 0 Å². The Morgan fingerprint density at radius 1 is 1.58 bits per heavy atom. The van der Waals surface area contributed by atoms with Crippen molar-refractivity contribution in [3.63, 3.8) is 0 Å². The fraction of sp³-hybridized carbons (Fsp3) is 0.417. The average Bonchev–Trinajstić information content (AvgIpc) is 3.03. The number of H-pyrrole nitrogens is 1. The highest BCUT2D eigenvalue weighted by atomic mass is 32.1. The molecule has 0 spiro atoms. The van der Waals surface area contributed by atoms with E-state index >= 15 is 0 Å². The molecule has 6 nitrogen and oxygen atoms in total. The fourth-order valence-corrected chi connectivity index (χ4v) is 3.19. The highest BCUT2D eigenvalue weighted by Gasteiger charge is 2.36. The van der Waals surface area contributed by atoms with Crippen LogP contribution < -0.4 is 5.32 Å². The summed E-state index contributed by atoms with van der Waals surface area (Å²) in [5.41, 5.74) is 0.279. The van der Waals surface area contributed by atoms with Crippen LogP contribution in [-0.4, -0.2) is 32.5 Å². The zero-order valence-corrected chi connectivity index (χ0v) is 10.9. The summed E-state index contributed by atoms with van der Waals surface area (Å²) in [5.74, 6) is 0.0399. The lowest BCUT2D eigenvalue weighted by molar-refractivity contribution is 0.0240. The number of nitrogens with zero attached hydrogens (tertiary/aromatic N) is 2.